The summed E-state index contributed by atoms with van der Waals surface area (Å²) in [5.41, 5.74) is 2.44. The van der Waals surface area contributed by atoms with Gasteiger partial charge in [-0.25, -0.2) is 0 Å². The molecular formula is C21H23N3O. The van der Waals surface area contributed by atoms with E-state index in [9.17, 15) is 4.79 Å². The molecule has 4 nitrogen and oxygen atoms in total. The highest BCUT2D eigenvalue weighted by molar-refractivity contribution is 5.94. The summed E-state index contributed by atoms with van der Waals surface area (Å²) >= 11 is 0. The molecule has 1 N–H and O–H groups in total. The average molecular weight is 333 g/mol. The maximum Gasteiger partial charge on any atom is 0.251 e. The minimum Gasteiger partial charge on any atom is -0.352 e. The van der Waals surface area contributed by atoms with Crippen LogP contribution in [0.5, 0.6) is 0 Å². The SMILES string of the molecule is N#Cc1cccc(C(=O)NC[C@@H]2CCN(CCc3ccccc3)C2)c1. The van der Waals surface area contributed by atoms with Gasteiger partial charge in [-0.1, -0.05) is 36.4 Å². The molecule has 1 atom stereocenters. The highest BCUT2D eigenvalue weighted by Crippen LogP contribution is 2.16. The topological polar surface area (TPSA) is 56.1 Å². The molecule has 1 aliphatic rings. The molecule has 0 radical (unpaired) electrons. The van der Waals surface area contributed by atoms with Crippen molar-refractivity contribution in [2.45, 2.75) is 12.8 Å². The van der Waals surface area contributed by atoms with E-state index in [0.717, 1.165) is 32.5 Å². The molecule has 2 aromatic rings. The van der Waals surface area contributed by atoms with E-state index in [4.69, 9.17) is 5.26 Å². The van der Waals surface area contributed by atoms with Gasteiger partial charge in [-0.3, -0.25) is 4.79 Å². The van der Waals surface area contributed by atoms with Crippen LogP contribution in [-0.4, -0.2) is 37.0 Å². The maximum atomic E-state index is 12.2. The first-order chi connectivity index (χ1) is 12.2. The van der Waals surface area contributed by atoms with Crippen molar-refractivity contribution in [3.8, 4) is 6.07 Å². The lowest BCUT2D eigenvalue weighted by Gasteiger charge is -2.16. The van der Waals surface area contributed by atoms with Gasteiger partial charge in [0.1, 0.15) is 0 Å². The zero-order chi connectivity index (χ0) is 17.5. The molecule has 1 fully saturated rings. The van der Waals surface area contributed by atoms with E-state index in [2.05, 4.69) is 40.6 Å². The van der Waals surface area contributed by atoms with Gasteiger partial charge in [-0.15, -0.1) is 0 Å². The Balaban J connectivity index is 1.42. The van der Waals surface area contributed by atoms with E-state index in [0.29, 0.717) is 23.6 Å². The Hall–Kier alpha value is -2.64. The number of carbonyl (C=O) groups excluding carboxylic acids is 1. The van der Waals surface area contributed by atoms with Crippen LogP contribution >= 0.6 is 0 Å². The van der Waals surface area contributed by atoms with Gasteiger partial charge >= 0.3 is 0 Å². The smallest absolute Gasteiger partial charge is 0.251 e. The average Bonchev–Trinajstić information content (AvgIpc) is 3.13. The summed E-state index contributed by atoms with van der Waals surface area (Å²) < 4.78 is 0. The summed E-state index contributed by atoms with van der Waals surface area (Å²) in [5.74, 6) is 0.402. The standard InChI is InChI=1S/C21H23N3O/c22-14-18-7-4-8-20(13-18)21(25)23-15-19-10-12-24(16-19)11-9-17-5-2-1-3-6-17/h1-8,13,19H,9-12,15-16H2,(H,23,25)/t19-/m0/s1. The number of hydrogen-bond donors (Lipinski definition) is 1. The number of hydrogen-bond acceptors (Lipinski definition) is 3. The normalized spacial score (nSPS) is 17.2. The van der Waals surface area contributed by atoms with Gasteiger partial charge in [0, 0.05) is 25.2 Å². The van der Waals surface area contributed by atoms with Gasteiger partial charge in [-0.2, -0.15) is 5.26 Å². The molecule has 1 saturated heterocycles. The molecule has 0 spiro atoms. The molecule has 2 aromatic carbocycles. The predicted octanol–water partition coefficient (Wildman–Crippen LogP) is 2.85. The van der Waals surface area contributed by atoms with Gasteiger partial charge < -0.3 is 10.2 Å². The van der Waals surface area contributed by atoms with E-state index in [1.165, 1.54) is 5.56 Å². The molecule has 1 amide bonds. The molecule has 0 unspecified atom stereocenters. The number of benzene rings is 2. The molecule has 1 aliphatic heterocycles. The van der Waals surface area contributed by atoms with Crippen molar-refractivity contribution in [2.75, 3.05) is 26.2 Å². The number of nitrogens with one attached hydrogen (secondary N) is 1. The second kappa shape index (κ2) is 8.46. The minimum absolute atomic E-state index is 0.0974. The zero-order valence-corrected chi connectivity index (χ0v) is 14.3. The quantitative estimate of drug-likeness (QED) is 0.884. The molecule has 0 bridgehead atoms. The Morgan fingerprint density at radius 1 is 1.20 bits per heavy atom. The Bertz CT molecular complexity index is 751. The summed E-state index contributed by atoms with van der Waals surface area (Å²) in [6.07, 6.45) is 2.19. The molecule has 0 saturated carbocycles. The number of amides is 1. The van der Waals surface area contributed by atoms with Crippen LogP contribution in [-0.2, 0) is 6.42 Å². The fourth-order valence-electron chi connectivity index (χ4n) is 3.28. The lowest BCUT2D eigenvalue weighted by molar-refractivity contribution is 0.0947. The van der Waals surface area contributed by atoms with Crippen molar-refractivity contribution < 1.29 is 4.79 Å². The van der Waals surface area contributed by atoms with E-state index in [-0.39, 0.29) is 5.91 Å². The van der Waals surface area contributed by atoms with Gasteiger partial charge in [0.05, 0.1) is 11.6 Å². The van der Waals surface area contributed by atoms with Crippen LogP contribution in [0.1, 0.15) is 27.9 Å². The zero-order valence-electron chi connectivity index (χ0n) is 14.3. The number of likely N-dealkylation sites (tertiary alicyclic amines) is 1. The fraction of sp³-hybridized carbons (Fsp3) is 0.333. The van der Waals surface area contributed by atoms with Crippen LogP contribution in [0.25, 0.3) is 0 Å². The van der Waals surface area contributed by atoms with Crippen molar-refractivity contribution in [1.29, 1.82) is 5.26 Å². The van der Waals surface area contributed by atoms with Crippen LogP contribution in [0, 0.1) is 17.2 Å². The summed E-state index contributed by atoms with van der Waals surface area (Å²) in [7, 11) is 0. The van der Waals surface area contributed by atoms with Gasteiger partial charge in [0.2, 0.25) is 0 Å². The molecule has 0 aromatic heterocycles. The van der Waals surface area contributed by atoms with Crippen molar-refractivity contribution in [3.05, 3.63) is 71.3 Å². The molecule has 1 heterocycles. The highest BCUT2D eigenvalue weighted by Gasteiger charge is 2.22. The van der Waals surface area contributed by atoms with Crippen molar-refractivity contribution >= 4 is 5.91 Å². The van der Waals surface area contributed by atoms with Crippen LogP contribution in [0.4, 0.5) is 0 Å². The Labute approximate surface area is 149 Å². The van der Waals surface area contributed by atoms with E-state index < -0.39 is 0 Å². The van der Waals surface area contributed by atoms with Gasteiger partial charge in [0.25, 0.3) is 5.91 Å². The van der Waals surface area contributed by atoms with Crippen molar-refractivity contribution in [1.82, 2.24) is 10.2 Å². The first kappa shape index (κ1) is 17.2. The third-order valence-electron chi connectivity index (χ3n) is 4.73. The number of nitrogens with zero attached hydrogens (tertiary/aromatic N) is 2. The monoisotopic (exact) mass is 333 g/mol. The maximum absolute atomic E-state index is 12.2. The van der Waals surface area contributed by atoms with E-state index in [1.807, 2.05) is 6.07 Å². The molecule has 4 heteroatoms. The first-order valence-corrected chi connectivity index (χ1v) is 8.79. The molecular weight excluding hydrogens is 310 g/mol. The molecule has 25 heavy (non-hydrogen) atoms. The Kier molecular flexibility index (Phi) is 5.81. The summed E-state index contributed by atoms with van der Waals surface area (Å²) in [6.45, 7) is 3.89. The number of nitriles is 1. The third-order valence-corrected chi connectivity index (χ3v) is 4.73. The van der Waals surface area contributed by atoms with Crippen molar-refractivity contribution in [2.24, 2.45) is 5.92 Å². The molecule has 3 rings (SSSR count). The third kappa shape index (κ3) is 4.91. The van der Waals surface area contributed by atoms with E-state index >= 15 is 0 Å². The largest absolute Gasteiger partial charge is 0.352 e. The van der Waals surface area contributed by atoms with Crippen LogP contribution in [0.15, 0.2) is 54.6 Å². The van der Waals surface area contributed by atoms with Crippen LogP contribution < -0.4 is 5.32 Å². The Morgan fingerprint density at radius 2 is 2.04 bits per heavy atom. The highest BCUT2D eigenvalue weighted by atomic mass is 16.1. The number of rotatable bonds is 6. The van der Waals surface area contributed by atoms with Gasteiger partial charge in [-0.05, 0) is 49.1 Å². The first-order valence-electron chi connectivity index (χ1n) is 8.79. The molecule has 0 aliphatic carbocycles. The summed E-state index contributed by atoms with van der Waals surface area (Å²) in [6, 6.07) is 19.4. The molecule has 128 valence electrons. The van der Waals surface area contributed by atoms with E-state index in [1.54, 1.807) is 24.3 Å². The fourth-order valence-corrected chi connectivity index (χ4v) is 3.28. The second-order valence-corrected chi connectivity index (χ2v) is 6.59. The van der Waals surface area contributed by atoms with Crippen LogP contribution in [0.2, 0.25) is 0 Å². The Morgan fingerprint density at radius 3 is 2.84 bits per heavy atom. The summed E-state index contributed by atoms with van der Waals surface area (Å²) in [5, 5.41) is 11.9. The lowest BCUT2D eigenvalue weighted by atomic mass is 10.1. The second-order valence-electron chi connectivity index (χ2n) is 6.59. The lowest BCUT2D eigenvalue weighted by Crippen LogP contribution is -2.31. The van der Waals surface area contributed by atoms with Crippen LogP contribution in [0.3, 0.4) is 0 Å². The number of carbonyl (C=O) groups is 1. The minimum atomic E-state index is -0.0974. The summed E-state index contributed by atoms with van der Waals surface area (Å²) in [4.78, 5) is 14.7. The predicted molar refractivity (Wildman–Crippen MR) is 98.2 cm³/mol. The van der Waals surface area contributed by atoms with Gasteiger partial charge in [0.15, 0.2) is 0 Å². The van der Waals surface area contributed by atoms with Crippen molar-refractivity contribution in [3.63, 3.8) is 0 Å².